The van der Waals surface area contributed by atoms with E-state index in [2.05, 4.69) is 19.9 Å². The average Bonchev–Trinajstić information content (AvgIpc) is 3.68. The van der Waals surface area contributed by atoms with E-state index in [1.165, 1.54) is 26.0 Å². The van der Waals surface area contributed by atoms with Gasteiger partial charge in [0.05, 0.1) is 13.1 Å². The van der Waals surface area contributed by atoms with Gasteiger partial charge >= 0.3 is 23.4 Å². The molecule has 0 bridgehead atoms. The number of nitrogens with zero attached hydrogens (tertiary/aromatic N) is 10. The molecule has 0 aliphatic heterocycles. The molecular formula is C38H46Cl2N14O6S2. The molecule has 0 fully saturated rings. The molecule has 20 nitrogen and oxygen atoms in total. The van der Waals surface area contributed by atoms with Crippen LogP contribution in [0, 0.1) is 9.56 Å². The monoisotopic (exact) mass is 928 g/mol. The molecule has 62 heavy (non-hydrogen) atoms. The molecule has 2 atom stereocenters. The molecule has 2 amide bonds. The van der Waals surface area contributed by atoms with Gasteiger partial charge in [-0.3, -0.25) is 9.13 Å². The first-order valence-electron chi connectivity index (χ1n) is 19.4. The topological polar surface area (TPSA) is 280 Å². The molecule has 0 radical (unpaired) electrons. The van der Waals surface area contributed by atoms with Crippen molar-refractivity contribution in [3.8, 4) is 0 Å². The van der Waals surface area contributed by atoms with Crippen LogP contribution < -0.4 is 22.8 Å². The van der Waals surface area contributed by atoms with Gasteiger partial charge in [0.2, 0.25) is 10.3 Å². The second-order valence-electron chi connectivity index (χ2n) is 14.5. The van der Waals surface area contributed by atoms with E-state index in [0.29, 0.717) is 52.5 Å². The van der Waals surface area contributed by atoms with E-state index in [4.69, 9.17) is 44.2 Å². The fraction of sp³-hybridized carbons (Fsp3) is 0.368. The van der Waals surface area contributed by atoms with Crippen molar-refractivity contribution < 1.29 is 18.0 Å². The van der Waals surface area contributed by atoms with Gasteiger partial charge in [-0.05, 0) is 54.2 Å². The summed E-state index contributed by atoms with van der Waals surface area (Å²) in [5.41, 5.74) is 12.7. The highest BCUT2D eigenvalue weighted by atomic mass is 35.5. The van der Waals surface area contributed by atoms with Crippen molar-refractivity contribution in [3.63, 3.8) is 0 Å². The van der Waals surface area contributed by atoms with Crippen molar-refractivity contribution in [2.75, 3.05) is 50.2 Å². The number of nitrogens with two attached hydrogens (primary N) is 2. The quantitative estimate of drug-likeness (QED) is 0.108. The van der Waals surface area contributed by atoms with Crippen molar-refractivity contribution in [1.29, 1.82) is 9.56 Å². The van der Waals surface area contributed by atoms with Gasteiger partial charge in [-0.15, -0.1) is 0 Å². The zero-order chi connectivity index (χ0) is 45.4. The Hall–Kier alpha value is -5.84. The maximum Gasteiger partial charge on any atom is 0.339 e. The number of hydrogen-bond donors (Lipinski definition) is 4. The summed E-state index contributed by atoms with van der Waals surface area (Å²) in [6, 6.07) is 10.4. The minimum Gasteiger partial charge on any atom is -0.382 e. The Morgan fingerprint density at radius 2 is 1.16 bits per heavy atom. The Bertz CT molecular complexity index is 3090. The molecule has 0 spiro atoms. The van der Waals surface area contributed by atoms with Gasteiger partial charge < -0.3 is 21.3 Å². The number of fused-ring (bicyclic) bond motifs is 2. The lowest BCUT2D eigenvalue weighted by molar-refractivity contribution is 0.209. The summed E-state index contributed by atoms with van der Waals surface area (Å²) in [6.45, 7) is 5.28. The third-order valence-corrected chi connectivity index (χ3v) is 14.0. The summed E-state index contributed by atoms with van der Waals surface area (Å²) in [5, 5.41) is 0.170. The lowest BCUT2D eigenvalue weighted by Crippen LogP contribution is -2.39. The Kier molecular flexibility index (Phi) is 13.2. The van der Waals surface area contributed by atoms with Gasteiger partial charge in [0.25, 0.3) is 0 Å². The van der Waals surface area contributed by atoms with Crippen molar-refractivity contribution >= 4 is 88.7 Å². The highest BCUT2D eigenvalue weighted by Gasteiger charge is 2.29. The number of hydrogen-bond acceptors (Lipinski definition) is 14. The minimum atomic E-state index is -3.46. The second kappa shape index (κ2) is 17.9. The average molecular weight is 930 g/mol. The lowest BCUT2D eigenvalue weighted by atomic mass is 10.1. The zero-order valence-electron chi connectivity index (χ0n) is 34.6. The van der Waals surface area contributed by atoms with E-state index >= 15 is 0 Å². The molecule has 6 rings (SSSR count). The molecule has 2 aromatic carbocycles. The van der Waals surface area contributed by atoms with Crippen molar-refractivity contribution in [3.05, 3.63) is 90.2 Å². The first kappa shape index (κ1) is 45.7. The maximum absolute atomic E-state index is 14.1. The smallest absolute Gasteiger partial charge is 0.339 e. The second-order valence-corrected chi connectivity index (χ2v) is 20.0. The Morgan fingerprint density at radius 1 is 0.710 bits per heavy atom. The first-order chi connectivity index (χ1) is 29.2. The Morgan fingerprint density at radius 3 is 1.63 bits per heavy atom. The number of anilines is 2. The fourth-order valence-corrected chi connectivity index (χ4v) is 8.55. The number of aryl methyl sites for hydroxylation is 1. The predicted molar refractivity (Wildman–Crippen MR) is 238 cm³/mol. The van der Waals surface area contributed by atoms with Crippen LogP contribution >= 0.6 is 23.2 Å². The van der Waals surface area contributed by atoms with Gasteiger partial charge in [-0.2, -0.15) is 9.97 Å². The number of halogens is 2. The number of imidazole rings is 2. The van der Waals surface area contributed by atoms with E-state index in [0.717, 1.165) is 9.13 Å². The predicted octanol–water partition coefficient (Wildman–Crippen LogP) is 4.76. The molecule has 0 aliphatic carbocycles. The molecule has 24 heteroatoms. The van der Waals surface area contributed by atoms with Crippen LogP contribution in [0.2, 0.25) is 10.0 Å². The zero-order valence-corrected chi connectivity index (χ0v) is 37.7. The van der Waals surface area contributed by atoms with Gasteiger partial charge in [0, 0.05) is 48.7 Å². The molecule has 1 unspecified atom stereocenters. The molecule has 330 valence electrons. The van der Waals surface area contributed by atoms with Crippen LogP contribution in [0.15, 0.2) is 62.4 Å². The summed E-state index contributed by atoms with van der Waals surface area (Å²) in [7, 11) is -3.87. The van der Waals surface area contributed by atoms with Crippen LogP contribution in [0.1, 0.15) is 50.3 Å². The highest BCUT2D eigenvalue weighted by Crippen LogP contribution is 2.26. The summed E-state index contributed by atoms with van der Waals surface area (Å²) in [6.07, 6.45) is 1.32. The number of carbonyl (C=O) groups excluding carboxylic acids is 2. The number of amides is 2. The van der Waals surface area contributed by atoms with E-state index in [1.54, 1.807) is 63.4 Å². The van der Waals surface area contributed by atoms with Gasteiger partial charge in [-0.25, -0.2) is 56.3 Å². The van der Waals surface area contributed by atoms with E-state index < -0.39 is 42.9 Å². The normalized spacial score (nSPS) is 13.6. The molecule has 0 saturated carbocycles. The summed E-state index contributed by atoms with van der Waals surface area (Å²) in [5.74, 6) is -0.771. The highest BCUT2D eigenvalue weighted by molar-refractivity contribution is 7.92. The number of carbonyl (C=O) groups is 2. The summed E-state index contributed by atoms with van der Waals surface area (Å²) < 4.78 is 46.8. The van der Waals surface area contributed by atoms with Crippen LogP contribution in [0.4, 0.5) is 21.2 Å². The molecular weight excluding hydrogens is 884 g/mol. The molecule has 4 aromatic heterocycles. The summed E-state index contributed by atoms with van der Waals surface area (Å²) in [4.78, 5) is 75.2. The largest absolute Gasteiger partial charge is 0.382 e. The summed E-state index contributed by atoms with van der Waals surface area (Å²) >= 11 is 12.7. The molecule has 0 saturated heterocycles. The minimum absolute atomic E-state index is 0.0453. The van der Waals surface area contributed by atoms with Crippen molar-refractivity contribution in [1.82, 2.24) is 48.0 Å². The molecule has 6 aromatic rings. The van der Waals surface area contributed by atoms with E-state index in [1.807, 2.05) is 6.92 Å². The number of nitrogens with one attached hydrogen (secondary N) is 2. The molecule has 6 N–H and O–H groups in total. The van der Waals surface area contributed by atoms with Crippen LogP contribution in [0.25, 0.3) is 22.3 Å². The Balaban J connectivity index is 1.29. The number of benzene rings is 2. The lowest BCUT2D eigenvalue weighted by Gasteiger charge is -2.18. The maximum atomic E-state index is 14.1. The van der Waals surface area contributed by atoms with Crippen molar-refractivity contribution in [2.24, 2.45) is 0 Å². The van der Waals surface area contributed by atoms with Crippen LogP contribution in [-0.4, -0.2) is 107 Å². The number of nitrogen functional groups attached to an aromatic ring is 2. The standard InChI is InChI=1S/C38H46Cl2N14O6S2/c1-6-17-49(4)35(55)53-28-30(42)46-34(62(44,60)8-3)48-32(28)52(38(53)58)21-23-13-16-26(40)24(19-23)10-9-18-50(5)36(56)54-27-29(41)45-33(61(43,59)7-2)47-31(27)51(37(54)57)20-22-11-14-25(39)15-12-22/h11-16,19,43-44H,6-10,17-18,20-21H2,1-5H3,(H2,41,45,47)(H2,42,46,48)/t61?,62-/m0/s1. The fourth-order valence-electron chi connectivity index (χ4n) is 6.74. The Labute approximate surface area is 366 Å². The van der Waals surface area contributed by atoms with E-state index in [-0.39, 0.29) is 75.4 Å². The van der Waals surface area contributed by atoms with Crippen LogP contribution in [-0.2, 0) is 39.0 Å². The van der Waals surface area contributed by atoms with Gasteiger partial charge in [0.15, 0.2) is 22.9 Å². The number of rotatable bonds is 14. The third kappa shape index (κ3) is 8.76. The first-order valence-corrected chi connectivity index (χ1v) is 23.6. The van der Waals surface area contributed by atoms with Gasteiger partial charge in [-0.1, -0.05) is 68.2 Å². The SMILES string of the molecule is CCCN(C)C(=O)n1c(=O)n(Cc2ccc(Cl)c(CCCN(C)C(=O)n3c(=O)n(Cc4ccc(Cl)cc4)c4nc(S(=N)(=O)CC)nc(N)c43)c2)c2nc([S@@](=N)(=O)CC)nc(N)c21. The van der Waals surface area contributed by atoms with Crippen LogP contribution in [0.5, 0.6) is 0 Å². The van der Waals surface area contributed by atoms with Crippen molar-refractivity contribution in [2.45, 2.75) is 63.4 Å². The molecule has 0 aliphatic rings. The van der Waals surface area contributed by atoms with E-state index in [9.17, 15) is 27.6 Å². The van der Waals surface area contributed by atoms with Gasteiger partial charge in [0.1, 0.15) is 30.5 Å². The van der Waals surface area contributed by atoms with Crippen LogP contribution in [0.3, 0.4) is 0 Å². The molecule has 4 heterocycles. The third-order valence-electron chi connectivity index (χ3n) is 10.2. The number of aromatic nitrogens is 8.